The first-order chi connectivity index (χ1) is 6.56. The molecule has 0 N–H and O–H groups in total. The van der Waals surface area contributed by atoms with Gasteiger partial charge >= 0.3 is 0 Å². The van der Waals surface area contributed by atoms with Crippen LogP contribution in [0.5, 0.6) is 0 Å². The second-order valence-corrected chi connectivity index (χ2v) is 4.72. The monoisotopic (exact) mass is 194 g/mol. The van der Waals surface area contributed by atoms with Crippen molar-refractivity contribution < 1.29 is 4.74 Å². The van der Waals surface area contributed by atoms with E-state index in [0.29, 0.717) is 6.61 Å². The Balaban J connectivity index is 2.58. The van der Waals surface area contributed by atoms with Crippen LogP contribution in [-0.2, 0) is 4.74 Å². The summed E-state index contributed by atoms with van der Waals surface area (Å²) in [5, 5.41) is 0. The number of allylic oxidation sites excluding steroid dienone is 1. The Morgan fingerprint density at radius 2 is 2.36 bits per heavy atom. The number of hydrogen-bond acceptors (Lipinski definition) is 1. The van der Waals surface area contributed by atoms with E-state index in [9.17, 15) is 0 Å². The molecule has 1 rings (SSSR count). The number of ether oxygens (including phenoxy) is 1. The average molecular weight is 194 g/mol. The molecule has 0 heterocycles. The molecule has 0 aliphatic heterocycles. The topological polar surface area (TPSA) is 9.23 Å². The molecule has 0 saturated heterocycles. The van der Waals surface area contributed by atoms with Gasteiger partial charge in [0.2, 0.25) is 0 Å². The van der Waals surface area contributed by atoms with E-state index in [2.05, 4.69) is 33.4 Å². The quantitative estimate of drug-likeness (QED) is 0.620. The van der Waals surface area contributed by atoms with E-state index in [1.165, 1.54) is 24.8 Å². The minimum Gasteiger partial charge on any atom is -0.367 e. The van der Waals surface area contributed by atoms with Crippen LogP contribution in [0, 0.1) is 5.92 Å². The molecule has 0 spiro atoms. The Morgan fingerprint density at radius 3 is 2.86 bits per heavy atom. The molecule has 1 atom stereocenters. The summed E-state index contributed by atoms with van der Waals surface area (Å²) < 4.78 is 5.77. The lowest BCUT2D eigenvalue weighted by molar-refractivity contribution is 0.0249. The largest absolute Gasteiger partial charge is 0.367 e. The van der Waals surface area contributed by atoms with Gasteiger partial charge in [0.1, 0.15) is 0 Å². The maximum Gasteiger partial charge on any atom is 0.0839 e. The zero-order valence-corrected chi connectivity index (χ0v) is 9.68. The van der Waals surface area contributed by atoms with Gasteiger partial charge in [0.25, 0.3) is 0 Å². The third-order valence-corrected chi connectivity index (χ3v) is 3.01. The third kappa shape index (κ3) is 2.98. The van der Waals surface area contributed by atoms with E-state index >= 15 is 0 Å². The molecule has 0 radical (unpaired) electrons. The molecule has 1 aliphatic rings. The highest BCUT2D eigenvalue weighted by Gasteiger charge is 2.25. The van der Waals surface area contributed by atoms with E-state index in [0.717, 1.165) is 5.92 Å². The number of rotatable bonds is 4. The Hall–Kier alpha value is -0.560. The maximum atomic E-state index is 5.77. The van der Waals surface area contributed by atoms with Crippen molar-refractivity contribution in [1.82, 2.24) is 0 Å². The zero-order valence-electron chi connectivity index (χ0n) is 9.68. The lowest BCUT2D eigenvalue weighted by Gasteiger charge is -2.31. The predicted molar refractivity (Wildman–Crippen MR) is 61.3 cm³/mol. The third-order valence-electron chi connectivity index (χ3n) is 3.01. The molecule has 0 aromatic rings. The van der Waals surface area contributed by atoms with E-state index in [-0.39, 0.29) is 5.60 Å². The molecule has 1 nitrogen and oxygen atoms in total. The van der Waals surface area contributed by atoms with Crippen LogP contribution < -0.4 is 0 Å². The lowest BCUT2D eigenvalue weighted by Crippen LogP contribution is -2.29. The van der Waals surface area contributed by atoms with Crippen LogP contribution in [0.4, 0.5) is 0 Å². The molecule has 80 valence electrons. The molecular formula is C13H22O. The zero-order chi connectivity index (χ0) is 10.6. The van der Waals surface area contributed by atoms with Crippen molar-refractivity contribution in [2.45, 2.75) is 45.6 Å². The Labute approximate surface area is 87.8 Å². The lowest BCUT2D eigenvalue weighted by atomic mass is 9.84. The van der Waals surface area contributed by atoms with Crippen LogP contribution in [0.25, 0.3) is 0 Å². The van der Waals surface area contributed by atoms with E-state index in [4.69, 9.17) is 4.74 Å². The molecule has 0 bridgehead atoms. The first kappa shape index (κ1) is 11.5. The minimum absolute atomic E-state index is 0.103. The van der Waals surface area contributed by atoms with Gasteiger partial charge in [-0.2, -0.15) is 0 Å². The van der Waals surface area contributed by atoms with Gasteiger partial charge in [0.05, 0.1) is 12.2 Å². The van der Waals surface area contributed by atoms with Crippen molar-refractivity contribution in [3.63, 3.8) is 0 Å². The molecule has 0 amide bonds. The van der Waals surface area contributed by atoms with Crippen LogP contribution in [0.15, 0.2) is 24.3 Å². The molecule has 0 saturated carbocycles. The molecule has 0 fully saturated rings. The van der Waals surface area contributed by atoms with Crippen molar-refractivity contribution in [2.75, 3.05) is 6.61 Å². The van der Waals surface area contributed by atoms with Gasteiger partial charge in [0.15, 0.2) is 0 Å². The van der Waals surface area contributed by atoms with Crippen LogP contribution in [0.2, 0.25) is 0 Å². The van der Waals surface area contributed by atoms with E-state index in [1.807, 2.05) is 6.08 Å². The summed E-state index contributed by atoms with van der Waals surface area (Å²) in [5.41, 5.74) is 1.35. The summed E-state index contributed by atoms with van der Waals surface area (Å²) in [4.78, 5) is 0. The van der Waals surface area contributed by atoms with Gasteiger partial charge in [-0.25, -0.2) is 0 Å². The molecule has 0 unspecified atom stereocenters. The molecule has 14 heavy (non-hydrogen) atoms. The van der Waals surface area contributed by atoms with Crippen molar-refractivity contribution in [2.24, 2.45) is 5.92 Å². The molecule has 1 aliphatic carbocycles. The van der Waals surface area contributed by atoms with Crippen LogP contribution >= 0.6 is 0 Å². The average Bonchev–Trinajstić information content (AvgIpc) is 2.16. The SMILES string of the molecule is C=CCOC(C)(C)C1=CC[C@H](C)CC1. The second-order valence-electron chi connectivity index (χ2n) is 4.72. The fourth-order valence-corrected chi connectivity index (χ4v) is 1.87. The molecule has 0 aromatic heterocycles. The highest BCUT2D eigenvalue weighted by Crippen LogP contribution is 2.32. The molecular weight excluding hydrogens is 172 g/mol. The smallest absolute Gasteiger partial charge is 0.0839 e. The van der Waals surface area contributed by atoms with Crippen molar-refractivity contribution in [1.29, 1.82) is 0 Å². The summed E-state index contributed by atoms with van der Waals surface area (Å²) in [5.74, 6) is 0.842. The van der Waals surface area contributed by atoms with Gasteiger partial charge < -0.3 is 4.74 Å². The first-order valence-electron chi connectivity index (χ1n) is 5.50. The van der Waals surface area contributed by atoms with Gasteiger partial charge in [0, 0.05) is 0 Å². The van der Waals surface area contributed by atoms with E-state index in [1.54, 1.807) is 0 Å². The van der Waals surface area contributed by atoms with Gasteiger partial charge in [-0.1, -0.05) is 19.1 Å². The highest BCUT2D eigenvalue weighted by molar-refractivity contribution is 5.17. The Kier molecular flexibility index (Phi) is 3.94. The normalized spacial score (nSPS) is 23.1. The fourth-order valence-electron chi connectivity index (χ4n) is 1.87. The van der Waals surface area contributed by atoms with Gasteiger partial charge in [-0.15, -0.1) is 6.58 Å². The summed E-state index contributed by atoms with van der Waals surface area (Å²) >= 11 is 0. The second kappa shape index (κ2) is 4.79. The van der Waals surface area contributed by atoms with Crippen LogP contribution in [0.3, 0.4) is 0 Å². The molecule has 1 heteroatoms. The highest BCUT2D eigenvalue weighted by atomic mass is 16.5. The summed E-state index contributed by atoms with van der Waals surface area (Å²) in [7, 11) is 0. The number of hydrogen-bond donors (Lipinski definition) is 0. The Morgan fingerprint density at radius 1 is 1.64 bits per heavy atom. The molecule has 0 aromatic carbocycles. The summed E-state index contributed by atoms with van der Waals surface area (Å²) in [6.07, 6.45) is 7.86. The predicted octanol–water partition coefficient (Wildman–Crippen LogP) is 3.71. The summed E-state index contributed by atoms with van der Waals surface area (Å²) in [6.45, 7) is 10.9. The van der Waals surface area contributed by atoms with Crippen molar-refractivity contribution >= 4 is 0 Å². The summed E-state index contributed by atoms with van der Waals surface area (Å²) in [6, 6.07) is 0. The minimum atomic E-state index is -0.103. The standard InChI is InChI=1S/C13H22O/c1-5-10-14-13(3,4)12-8-6-11(2)7-9-12/h5,8,11H,1,6-7,9-10H2,2-4H3/t11-/m0/s1. The Bertz CT molecular complexity index is 225. The fraction of sp³-hybridized carbons (Fsp3) is 0.692. The van der Waals surface area contributed by atoms with Crippen LogP contribution in [0.1, 0.15) is 40.0 Å². The van der Waals surface area contributed by atoms with Gasteiger partial charge in [-0.05, 0) is 44.6 Å². The van der Waals surface area contributed by atoms with Crippen LogP contribution in [-0.4, -0.2) is 12.2 Å². The first-order valence-corrected chi connectivity index (χ1v) is 5.50. The van der Waals surface area contributed by atoms with E-state index < -0.39 is 0 Å². The maximum absolute atomic E-state index is 5.77. The van der Waals surface area contributed by atoms with Crippen molar-refractivity contribution in [3.8, 4) is 0 Å². The van der Waals surface area contributed by atoms with Crippen molar-refractivity contribution in [3.05, 3.63) is 24.3 Å². The van der Waals surface area contributed by atoms with Gasteiger partial charge in [-0.3, -0.25) is 0 Å².